The molecule has 0 aliphatic heterocycles. The van der Waals surface area contributed by atoms with E-state index >= 15 is 0 Å². The summed E-state index contributed by atoms with van der Waals surface area (Å²) in [6.45, 7) is 0. The number of rotatable bonds is 6. The second-order valence-corrected chi connectivity index (χ2v) is 4.21. The number of aryl methyl sites for hydroxylation is 1. The van der Waals surface area contributed by atoms with E-state index in [1.54, 1.807) is 18.2 Å². The summed E-state index contributed by atoms with van der Waals surface area (Å²) in [6, 6.07) is 6.44. The number of carboxylic acid groups (broad SMARTS) is 1. The highest BCUT2D eigenvalue weighted by Gasteiger charge is 2.27. The molecule has 0 saturated heterocycles. The van der Waals surface area contributed by atoms with Gasteiger partial charge in [0.2, 0.25) is 5.91 Å². The highest BCUT2D eigenvalue weighted by Crippen LogP contribution is 2.22. The van der Waals surface area contributed by atoms with Gasteiger partial charge in [-0.2, -0.15) is 13.2 Å². The molecule has 0 unspecified atom stereocenters. The van der Waals surface area contributed by atoms with E-state index in [2.05, 4.69) is 5.32 Å². The molecule has 1 aromatic rings. The van der Waals surface area contributed by atoms with E-state index in [9.17, 15) is 22.8 Å². The van der Waals surface area contributed by atoms with E-state index in [1.165, 1.54) is 6.07 Å². The van der Waals surface area contributed by atoms with Crippen molar-refractivity contribution in [2.45, 2.75) is 31.9 Å². The normalized spacial score (nSPS) is 11.2. The lowest BCUT2D eigenvalue weighted by Crippen LogP contribution is -2.17. The molecular formula is C13H14F3NO3. The Morgan fingerprint density at radius 3 is 2.40 bits per heavy atom. The number of nitrogens with one attached hydrogen (secondary N) is 1. The number of anilines is 1. The van der Waals surface area contributed by atoms with Crippen molar-refractivity contribution in [3.05, 3.63) is 29.8 Å². The first-order chi connectivity index (χ1) is 9.28. The second-order valence-electron chi connectivity index (χ2n) is 4.21. The quantitative estimate of drug-likeness (QED) is 0.846. The van der Waals surface area contributed by atoms with E-state index < -0.39 is 30.9 Å². The van der Waals surface area contributed by atoms with Crippen molar-refractivity contribution in [2.24, 2.45) is 0 Å². The molecule has 0 radical (unpaired) electrons. The average Bonchev–Trinajstić information content (AvgIpc) is 2.34. The Morgan fingerprint density at radius 1 is 1.15 bits per heavy atom. The van der Waals surface area contributed by atoms with E-state index in [0.29, 0.717) is 11.3 Å². The molecule has 4 nitrogen and oxygen atoms in total. The van der Waals surface area contributed by atoms with Crippen molar-refractivity contribution in [1.29, 1.82) is 0 Å². The summed E-state index contributed by atoms with van der Waals surface area (Å²) in [7, 11) is 0. The highest BCUT2D eigenvalue weighted by molar-refractivity contribution is 5.91. The van der Waals surface area contributed by atoms with Crippen molar-refractivity contribution in [3.63, 3.8) is 0 Å². The zero-order valence-corrected chi connectivity index (χ0v) is 10.5. The minimum absolute atomic E-state index is 0.116. The van der Waals surface area contributed by atoms with Crippen LogP contribution in [0.15, 0.2) is 24.3 Å². The first-order valence-electron chi connectivity index (χ1n) is 5.94. The monoisotopic (exact) mass is 289 g/mol. The number of carboxylic acids is 1. The van der Waals surface area contributed by atoms with Crippen LogP contribution < -0.4 is 5.32 Å². The number of hydrogen-bond donors (Lipinski definition) is 2. The van der Waals surface area contributed by atoms with E-state index in [-0.39, 0.29) is 12.8 Å². The molecule has 1 rings (SSSR count). The number of para-hydroxylation sites is 1. The molecule has 0 aliphatic rings. The summed E-state index contributed by atoms with van der Waals surface area (Å²) < 4.78 is 36.0. The Hall–Kier alpha value is -2.05. The molecule has 0 aliphatic carbocycles. The van der Waals surface area contributed by atoms with E-state index in [4.69, 9.17) is 5.11 Å². The lowest BCUT2D eigenvalue weighted by atomic mass is 10.1. The Morgan fingerprint density at radius 2 is 1.80 bits per heavy atom. The molecule has 0 atom stereocenters. The summed E-state index contributed by atoms with van der Waals surface area (Å²) in [5.41, 5.74) is 0.927. The summed E-state index contributed by atoms with van der Waals surface area (Å²) in [4.78, 5) is 21.9. The first kappa shape index (κ1) is 16.0. The third-order valence-electron chi connectivity index (χ3n) is 2.54. The molecule has 1 aromatic carbocycles. The minimum Gasteiger partial charge on any atom is -0.481 e. The third-order valence-corrected chi connectivity index (χ3v) is 2.54. The molecule has 0 heterocycles. The van der Waals surface area contributed by atoms with Gasteiger partial charge in [-0.05, 0) is 18.1 Å². The van der Waals surface area contributed by atoms with Crippen molar-refractivity contribution >= 4 is 17.6 Å². The maximum absolute atomic E-state index is 12.0. The summed E-state index contributed by atoms with van der Waals surface area (Å²) in [5, 5.41) is 11.0. The highest BCUT2D eigenvalue weighted by atomic mass is 19.4. The molecule has 0 aromatic heterocycles. The molecule has 0 saturated carbocycles. The van der Waals surface area contributed by atoms with E-state index in [0.717, 1.165) is 0 Å². The predicted octanol–water partition coefficient (Wildman–Crippen LogP) is 2.98. The lowest BCUT2D eigenvalue weighted by molar-refractivity contribution is -0.142. The fourth-order valence-corrected chi connectivity index (χ4v) is 1.57. The SMILES string of the molecule is O=C(O)CCc1ccccc1NC(=O)CCC(F)(F)F. The fourth-order valence-electron chi connectivity index (χ4n) is 1.57. The minimum atomic E-state index is -4.37. The van der Waals surface area contributed by atoms with Gasteiger partial charge in [0.1, 0.15) is 0 Å². The second kappa shape index (κ2) is 6.93. The molecule has 2 N–H and O–H groups in total. The number of halogens is 3. The molecule has 0 fully saturated rings. The van der Waals surface area contributed by atoms with Crippen LogP contribution >= 0.6 is 0 Å². The molecule has 20 heavy (non-hydrogen) atoms. The number of carbonyl (C=O) groups excluding carboxylic acids is 1. The topological polar surface area (TPSA) is 66.4 Å². The maximum Gasteiger partial charge on any atom is 0.389 e. The summed E-state index contributed by atoms with van der Waals surface area (Å²) in [6.07, 6.45) is -6.13. The lowest BCUT2D eigenvalue weighted by Gasteiger charge is -2.11. The predicted molar refractivity (Wildman–Crippen MR) is 66.3 cm³/mol. The molecule has 110 valence electrons. The zero-order chi connectivity index (χ0) is 15.2. The van der Waals surface area contributed by atoms with Gasteiger partial charge in [0, 0.05) is 18.5 Å². The van der Waals surface area contributed by atoms with Gasteiger partial charge >= 0.3 is 12.1 Å². The largest absolute Gasteiger partial charge is 0.481 e. The molecule has 1 amide bonds. The third kappa shape index (κ3) is 6.21. The number of carbonyl (C=O) groups is 2. The Balaban J connectivity index is 2.62. The molecule has 0 spiro atoms. The molecular weight excluding hydrogens is 275 g/mol. The van der Waals surface area contributed by atoms with Crippen molar-refractivity contribution in [2.75, 3.05) is 5.32 Å². The van der Waals surface area contributed by atoms with Gasteiger partial charge in [-0.3, -0.25) is 9.59 Å². The molecule has 7 heteroatoms. The van der Waals surface area contributed by atoms with Gasteiger partial charge in [0.05, 0.1) is 6.42 Å². The van der Waals surface area contributed by atoms with Crippen LogP contribution in [0.3, 0.4) is 0 Å². The number of aliphatic carboxylic acids is 1. The Labute approximate surface area is 113 Å². The fraction of sp³-hybridized carbons (Fsp3) is 0.385. The van der Waals surface area contributed by atoms with Crippen LogP contribution in [0.1, 0.15) is 24.8 Å². The van der Waals surface area contributed by atoms with Gasteiger partial charge in [-0.1, -0.05) is 18.2 Å². The number of benzene rings is 1. The van der Waals surface area contributed by atoms with Crippen LogP contribution in [0.25, 0.3) is 0 Å². The van der Waals surface area contributed by atoms with Crippen LogP contribution in [0.5, 0.6) is 0 Å². The van der Waals surface area contributed by atoms with Gasteiger partial charge in [0.25, 0.3) is 0 Å². The van der Waals surface area contributed by atoms with Crippen LogP contribution in [-0.2, 0) is 16.0 Å². The average molecular weight is 289 g/mol. The van der Waals surface area contributed by atoms with Gasteiger partial charge in [-0.25, -0.2) is 0 Å². The van der Waals surface area contributed by atoms with Gasteiger partial charge in [0.15, 0.2) is 0 Å². The number of alkyl halides is 3. The Kier molecular flexibility index (Phi) is 5.54. The maximum atomic E-state index is 12.0. The summed E-state index contributed by atoms with van der Waals surface area (Å²) in [5.74, 6) is -1.73. The molecule has 0 bridgehead atoms. The van der Waals surface area contributed by atoms with Crippen LogP contribution in [0, 0.1) is 0 Å². The Bertz CT molecular complexity index is 486. The van der Waals surface area contributed by atoms with Crippen LogP contribution in [0.4, 0.5) is 18.9 Å². The van der Waals surface area contributed by atoms with Crippen LogP contribution in [0.2, 0.25) is 0 Å². The van der Waals surface area contributed by atoms with E-state index in [1.807, 2.05) is 0 Å². The van der Waals surface area contributed by atoms with Crippen molar-refractivity contribution in [3.8, 4) is 0 Å². The number of amides is 1. The number of hydrogen-bond acceptors (Lipinski definition) is 2. The van der Waals surface area contributed by atoms with Crippen molar-refractivity contribution < 1.29 is 27.9 Å². The standard InChI is InChI=1S/C13H14F3NO3/c14-13(15,16)8-7-11(18)17-10-4-2-1-3-9(10)5-6-12(19)20/h1-4H,5-8H2,(H,17,18)(H,19,20). The van der Waals surface area contributed by atoms with Crippen LogP contribution in [-0.4, -0.2) is 23.2 Å². The van der Waals surface area contributed by atoms with Gasteiger partial charge < -0.3 is 10.4 Å². The smallest absolute Gasteiger partial charge is 0.389 e. The van der Waals surface area contributed by atoms with Crippen molar-refractivity contribution in [1.82, 2.24) is 0 Å². The zero-order valence-electron chi connectivity index (χ0n) is 10.5. The van der Waals surface area contributed by atoms with Gasteiger partial charge in [-0.15, -0.1) is 0 Å². The summed E-state index contributed by atoms with van der Waals surface area (Å²) >= 11 is 0. The first-order valence-corrected chi connectivity index (χ1v) is 5.94.